The van der Waals surface area contributed by atoms with Gasteiger partial charge in [-0.2, -0.15) is 4.98 Å². The summed E-state index contributed by atoms with van der Waals surface area (Å²) in [7, 11) is 0. The molecule has 1 aliphatic rings. The first-order chi connectivity index (χ1) is 14.0. The van der Waals surface area contributed by atoms with Gasteiger partial charge >= 0.3 is 0 Å². The topological polar surface area (TPSA) is 80.5 Å². The molecule has 0 saturated carbocycles. The lowest BCUT2D eigenvalue weighted by Crippen LogP contribution is -2.43. The molecular weight excluding hydrogens is 392 g/mol. The van der Waals surface area contributed by atoms with Crippen LogP contribution in [0.25, 0.3) is 11.4 Å². The summed E-state index contributed by atoms with van der Waals surface area (Å²) in [6, 6.07) is 7.42. The zero-order valence-corrected chi connectivity index (χ0v) is 17.8. The van der Waals surface area contributed by atoms with Gasteiger partial charge in [-0.3, -0.25) is 9.69 Å². The molecular formula is C21H29ClN4O3. The van der Waals surface area contributed by atoms with E-state index in [1.807, 2.05) is 32.0 Å². The summed E-state index contributed by atoms with van der Waals surface area (Å²) in [6.45, 7) is 7.47. The molecule has 1 fully saturated rings. The van der Waals surface area contributed by atoms with E-state index in [0.29, 0.717) is 43.0 Å². The molecule has 3 rings (SSSR count). The second kappa shape index (κ2) is 10.7. The van der Waals surface area contributed by atoms with E-state index in [1.54, 1.807) is 6.07 Å². The summed E-state index contributed by atoms with van der Waals surface area (Å²) in [5.41, 5.74) is 0.751. The molecule has 1 aliphatic heterocycles. The summed E-state index contributed by atoms with van der Waals surface area (Å²) in [6.07, 6.45) is 2.92. The minimum Gasteiger partial charge on any atom is -0.379 e. The van der Waals surface area contributed by atoms with E-state index in [9.17, 15) is 4.79 Å². The third-order valence-electron chi connectivity index (χ3n) is 4.89. The Morgan fingerprint density at radius 2 is 2.24 bits per heavy atom. The Labute approximate surface area is 176 Å². The van der Waals surface area contributed by atoms with Gasteiger partial charge in [-0.15, -0.1) is 0 Å². The van der Waals surface area contributed by atoms with Crippen LogP contribution in [-0.4, -0.2) is 53.3 Å². The molecule has 2 heterocycles. The summed E-state index contributed by atoms with van der Waals surface area (Å²) >= 11 is 6.21. The van der Waals surface area contributed by atoms with Crippen LogP contribution in [0, 0.1) is 5.92 Å². The number of aromatic nitrogens is 2. The Hall–Kier alpha value is -1.96. The molecule has 1 aromatic heterocycles. The summed E-state index contributed by atoms with van der Waals surface area (Å²) < 4.78 is 10.9. The average Bonchev–Trinajstić information content (AvgIpc) is 3.16. The van der Waals surface area contributed by atoms with Crippen LogP contribution < -0.4 is 5.32 Å². The highest BCUT2D eigenvalue weighted by atomic mass is 35.5. The monoisotopic (exact) mass is 420 g/mol. The number of carbonyl (C=O) groups is 1. The summed E-state index contributed by atoms with van der Waals surface area (Å²) in [4.78, 5) is 19.1. The molecule has 0 spiro atoms. The quantitative estimate of drug-likeness (QED) is 0.625. The van der Waals surface area contributed by atoms with E-state index < -0.39 is 0 Å². The van der Waals surface area contributed by atoms with Crippen molar-refractivity contribution in [1.29, 1.82) is 0 Å². The smallest absolute Gasteiger partial charge is 0.241 e. The van der Waals surface area contributed by atoms with Crippen molar-refractivity contribution >= 4 is 17.5 Å². The molecule has 0 bridgehead atoms. The van der Waals surface area contributed by atoms with Gasteiger partial charge in [0.15, 0.2) is 0 Å². The van der Waals surface area contributed by atoms with E-state index in [2.05, 4.69) is 20.4 Å². The van der Waals surface area contributed by atoms with E-state index in [0.717, 1.165) is 31.4 Å². The highest BCUT2D eigenvalue weighted by Crippen LogP contribution is 2.25. The van der Waals surface area contributed by atoms with E-state index >= 15 is 0 Å². The zero-order chi connectivity index (χ0) is 20.6. The van der Waals surface area contributed by atoms with Crippen molar-refractivity contribution in [2.75, 3.05) is 26.2 Å². The number of likely N-dealkylation sites (tertiary alicyclic amines) is 1. The van der Waals surface area contributed by atoms with Crippen LogP contribution in [0.4, 0.5) is 0 Å². The largest absolute Gasteiger partial charge is 0.379 e. The molecule has 1 unspecified atom stereocenters. The van der Waals surface area contributed by atoms with Gasteiger partial charge in [-0.05, 0) is 51.8 Å². The fourth-order valence-electron chi connectivity index (χ4n) is 3.42. The van der Waals surface area contributed by atoms with Crippen molar-refractivity contribution in [3.05, 3.63) is 35.2 Å². The number of amides is 1. The molecule has 2 aromatic rings. The molecule has 1 amide bonds. The van der Waals surface area contributed by atoms with Gasteiger partial charge in [0.25, 0.3) is 0 Å². The Kier molecular flexibility index (Phi) is 8.03. The Morgan fingerprint density at radius 3 is 3.03 bits per heavy atom. The number of hydrogen-bond acceptors (Lipinski definition) is 6. The molecule has 8 heteroatoms. The molecule has 1 aromatic carbocycles. The van der Waals surface area contributed by atoms with Gasteiger partial charge < -0.3 is 14.6 Å². The van der Waals surface area contributed by atoms with Gasteiger partial charge in [0.05, 0.1) is 23.6 Å². The van der Waals surface area contributed by atoms with Crippen molar-refractivity contribution in [2.24, 2.45) is 5.92 Å². The number of hydrogen-bond donors (Lipinski definition) is 1. The van der Waals surface area contributed by atoms with Crippen molar-refractivity contribution in [3.63, 3.8) is 0 Å². The number of carbonyl (C=O) groups excluding carboxylic acids is 1. The zero-order valence-electron chi connectivity index (χ0n) is 17.1. The van der Waals surface area contributed by atoms with Gasteiger partial charge in [0, 0.05) is 25.3 Å². The minimum absolute atomic E-state index is 0.0132. The molecule has 158 valence electrons. The number of benzene rings is 1. The fraction of sp³-hybridized carbons (Fsp3) is 0.571. The Morgan fingerprint density at radius 1 is 1.41 bits per heavy atom. The fourth-order valence-corrected chi connectivity index (χ4v) is 3.64. The molecule has 0 radical (unpaired) electrons. The van der Waals surface area contributed by atoms with Gasteiger partial charge in [0.1, 0.15) is 0 Å². The number of piperidine rings is 1. The van der Waals surface area contributed by atoms with Crippen LogP contribution in [0.5, 0.6) is 0 Å². The predicted octanol–water partition coefficient (Wildman–Crippen LogP) is 3.53. The van der Waals surface area contributed by atoms with Gasteiger partial charge in [-0.1, -0.05) is 28.9 Å². The third kappa shape index (κ3) is 6.52. The molecule has 1 saturated heterocycles. The lowest BCUT2D eigenvalue weighted by molar-refractivity contribution is -0.126. The SMILES string of the molecule is CC(C)OCCCNC(=O)C1CCCN(Cc2nc(-c3ccccc3Cl)no2)C1. The Bertz CT molecular complexity index is 796. The molecule has 1 N–H and O–H groups in total. The first-order valence-corrected chi connectivity index (χ1v) is 10.6. The predicted molar refractivity (Wildman–Crippen MR) is 111 cm³/mol. The van der Waals surface area contributed by atoms with Crippen LogP contribution >= 0.6 is 11.6 Å². The van der Waals surface area contributed by atoms with Crippen LogP contribution in [0.1, 0.15) is 39.0 Å². The van der Waals surface area contributed by atoms with Crippen LogP contribution in [0.2, 0.25) is 5.02 Å². The minimum atomic E-state index is -0.0132. The maximum absolute atomic E-state index is 12.5. The van der Waals surface area contributed by atoms with E-state index in [4.69, 9.17) is 20.9 Å². The van der Waals surface area contributed by atoms with Crippen molar-refractivity contribution in [2.45, 2.75) is 45.8 Å². The number of rotatable bonds is 9. The normalized spacial score (nSPS) is 17.6. The van der Waals surface area contributed by atoms with Crippen molar-refractivity contribution in [1.82, 2.24) is 20.4 Å². The van der Waals surface area contributed by atoms with Crippen molar-refractivity contribution < 1.29 is 14.1 Å². The number of nitrogens with one attached hydrogen (secondary N) is 1. The third-order valence-corrected chi connectivity index (χ3v) is 5.22. The lowest BCUT2D eigenvalue weighted by Gasteiger charge is -2.30. The molecule has 7 nitrogen and oxygen atoms in total. The number of halogens is 1. The first kappa shape index (κ1) is 21.7. The Balaban J connectivity index is 1.47. The van der Waals surface area contributed by atoms with Crippen LogP contribution in [-0.2, 0) is 16.1 Å². The van der Waals surface area contributed by atoms with Gasteiger partial charge in [0.2, 0.25) is 17.6 Å². The number of nitrogens with zero attached hydrogens (tertiary/aromatic N) is 3. The first-order valence-electron chi connectivity index (χ1n) is 10.2. The van der Waals surface area contributed by atoms with E-state index in [1.165, 1.54) is 0 Å². The molecule has 1 atom stereocenters. The number of ether oxygens (including phenoxy) is 1. The van der Waals surface area contributed by atoms with E-state index in [-0.39, 0.29) is 17.9 Å². The van der Waals surface area contributed by atoms with Crippen LogP contribution in [0.15, 0.2) is 28.8 Å². The lowest BCUT2D eigenvalue weighted by atomic mass is 9.97. The summed E-state index contributed by atoms with van der Waals surface area (Å²) in [5.74, 6) is 1.12. The van der Waals surface area contributed by atoms with Crippen LogP contribution in [0.3, 0.4) is 0 Å². The summed E-state index contributed by atoms with van der Waals surface area (Å²) in [5, 5.41) is 7.67. The van der Waals surface area contributed by atoms with Crippen molar-refractivity contribution in [3.8, 4) is 11.4 Å². The molecule has 29 heavy (non-hydrogen) atoms. The second-order valence-electron chi connectivity index (χ2n) is 7.63. The standard InChI is InChI=1S/C21H29ClN4O3/c1-15(2)28-12-6-10-23-21(27)16-7-5-11-26(13-16)14-19-24-20(25-29-19)17-8-3-4-9-18(17)22/h3-4,8-9,15-16H,5-7,10-14H2,1-2H3,(H,23,27). The average molecular weight is 421 g/mol. The highest BCUT2D eigenvalue weighted by molar-refractivity contribution is 6.33. The maximum Gasteiger partial charge on any atom is 0.241 e. The second-order valence-corrected chi connectivity index (χ2v) is 8.04. The molecule has 0 aliphatic carbocycles. The maximum atomic E-state index is 12.5. The highest BCUT2D eigenvalue weighted by Gasteiger charge is 2.26. The van der Waals surface area contributed by atoms with Gasteiger partial charge in [-0.25, -0.2) is 0 Å².